The molecule has 0 bridgehead atoms. The smallest absolute Gasteiger partial charge is 0.303 e. The van der Waals surface area contributed by atoms with E-state index in [-0.39, 0.29) is 29.5 Å². The number of carbonyl (C=O) groups excluding carboxylic acids is 1. The van der Waals surface area contributed by atoms with Crippen LogP contribution in [0.15, 0.2) is 17.2 Å². The summed E-state index contributed by atoms with van der Waals surface area (Å²) in [5, 5.41) is 22.3. The average molecular weight is 347 g/mol. The van der Waals surface area contributed by atoms with Crippen molar-refractivity contribution < 1.29 is 19.8 Å². The van der Waals surface area contributed by atoms with Crippen molar-refractivity contribution in [2.24, 2.45) is 5.10 Å². The summed E-state index contributed by atoms with van der Waals surface area (Å²) in [6, 6.07) is 2.86. The Bertz CT molecular complexity index is 576. The number of halogens is 2. The fraction of sp³-hybridized carbons (Fsp3) is 0.357. The van der Waals surface area contributed by atoms with Gasteiger partial charge < -0.3 is 10.2 Å². The fourth-order valence-corrected chi connectivity index (χ4v) is 2.16. The molecule has 3 N–H and O–H groups in total. The lowest BCUT2D eigenvalue weighted by Crippen LogP contribution is -2.16. The highest BCUT2D eigenvalue weighted by Gasteiger charge is 2.06. The number of carboxylic acid groups (broad SMARTS) is 1. The minimum atomic E-state index is -0.839. The molecule has 0 aliphatic rings. The Labute approximate surface area is 137 Å². The lowest BCUT2D eigenvalue weighted by atomic mass is 10.1. The van der Waals surface area contributed by atoms with Gasteiger partial charge in [0.05, 0.1) is 11.2 Å². The average Bonchev–Trinajstić information content (AvgIpc) is 2.43. The van der Waals surface area contributed by atoms with E-state index in [1.54, 1.807) is 0 Å². The zero-order chi connectivity index (χ0) is 16.5. The molecule has 120 valence electrons. The number of hydrogen-bond acceptors (Lipinski definition) is 4. The van der Waals surface area contributed by atoms with Crippen LogP contribution in [0.2, 0.25) is 10.0 Å². The highest BCUT2D eigenvalue weighted by Crippen LogP contribution is 2.29. The lowest BCUT2D eigenvalue weighted by Gasteiger charge is -2.03. The van der Waals surface area contributed by atoms with Crippen LogP contribution in [-0.2, 0) is 9.59 Å². The molecule has 1 amide bonds. The van der Waals surface area contributed by atoms with Crippen molar-refractivity contribution >= 4 is 41.3 Å². The highest BCUT2D eigenvalue weighted by molar-refractivity contribution is 6.36. The van der Waals surface area contributed by atoms with Crippen LogP contribution in [0.25, 0.3) is 0 Å². The van der Waals surface area contributed by atoms with E-state index >= 15 is 0 Å². The largest absolute Gasteiger partial charge is 0.506 e. The lowest BCUT2D eigenvalue weighted by molar-refractivity contribution is -0.137. The van der Waals surface area contributed by atoms with Gasteiger partial charge in [-0.3, -0.25) is 9.59 Å². The van der Waals surface area contributed by atoms with Crippen LogP contribution >= 0.6 is 23.2 Å². The van der Waals surface area contributed by atoms with E-state index < -0.39 is 5.97 Å². The van der Waals surface area contributed by atoms with Crippen molar-refractivity contribution in [1.29, 1.82) is 0 Å². The molecule has 1 rings (SSSR count). The van der Waals surface area contributed by atoms with Crippen molar-refractivity contribution in [3.8, 4) is 5.75 Å². The molecule has 0 aliphatic heterocycles. The third-order valence-electron chi connectivity index (χ3n) is 2.75. The number of nitrogens with zero attached hydrogens (tertiary/aromatic N) is 1. The van der Waals surface area contributed by atoms with Crippen LogP contribution in [0.3, 0.4) is 0 Å². The molecule has 1 aromatic rings. The van der Waals surface area contributed by atoms with Crippen LogP contribution < -0.4 is 5.43 Å². The summed E-state index contributed by atoms with van der Waals surface area (Å²) in [5.74, 6) is -1.30. The number of phenolic OH excluding ortho intramolecular Hbond substituents is 1. The molecule has 6 nitrogen and oxygen atoms in total. The van der Waals surface area contributed by atoms with E-state index in [9.17, 15) is 14.7 Å². The quantitative estimate of drug-likeness (QED) is 0.382. The molecule has 0 aliphatic carbocycles. The minimum Gasteiger partial charge on any atom is -0.506 e. The van der Waals surface area contributed by atoms with E-state index in [1.165, 1.54) is 18.3 Å². The van der Waals surface area contributed by atoms with Gasteiger partial charge in [-0.1, -0.05) is 29.6 Å². The van der Waals surface area contributed by atoms with Crippen LogP contribution in [-0.4, -0.2) is 28.3 Å². The van der Waals surface area contributed by atoms with Crippen LogP contribution in [0, 0.1) is 0 Å². The summed E-state index contributed by atoms with van der Waals surface area (Å²) in [6.45, 7) is 0. The van der Waals surface area contributed by atoms with Crippen molar-refractivity contribution in [3.63, 3.8) is 0 Å². The summed E-state index contributed by atoms with van der Waals surface area (Å²) < 4.78 is 0. The monoisotopic (exact) mass is 346 g/mol. The Hall–Kier alpha value is -1.79. The molecular formula is C14H16Cl2N2O4. The second-order valence-electron chi connectivity index (χ2n) is 4.57. The molecule has 0 aromatic heterocycles. The van der Waals surface area contributed by atoms with Crippen LogP contribution in [0.1, 0.15) is 37.7 Å². The van der Waals surface area contributed by atoms with Gasteiger partial charge in [0.2, 0.25) is 5.91 Å². The first-order valence-corrected chi connectivity index (χ1v) is 7.37. The second-order valence-corrected chi connectivity index (χ2v) is 5.42. The summed E-state index contributed by atoms with van der Waals surface area (Å²) >= 11 is 11.6. The number of amides is 1. The maximum Gasteiger partial charge on any atom is 0.303 e. The van der Waals surface area contributed by atoms with Gasteiger partial charge >= 0.3 is 5.97 Å². The fourth-order valence-electron chi connectivity index (χ4n) is 1.65. The topological polar surface area (TPSA) is 99.0 Å². The number of nitrogens with one attached hydrogen (secondary N) is 1. The molecule has 0 fully saturated rings. The van der Waals surface area contributed by atoms with Gasteiger partial charge in [0.1, 0.15) is 5.75 Å². The molecular weight excluding hydrogens is 331 g/mol. The van der Waals surface area contributed by atoms with E-state index in [1.807, 2.05) is 0 Å². The predicted molar refractivity (Wildman–Crippen MR) is 84.6 cm³/mol. The molecule has 0 saturated heterocycles. The summed E-state index contributed by atoms with van der Waals surface area (Å²) in [4.78, 5) is 21.8. The Morgan fingerprint density at radius 2 is 1.86 bits per heavy atom. The summed E-state index contributed by atoms with van der Waals surface area (Å²) in [6.07, 6.45) is 3.39. The van der Waals surface area contributed by atoms with Gasteiger partial charge in [0.25, 0.3) is 0 Å². The summed E-state index contributed by atoms with van der Waals surface area (Å²) in [7, 11) is 0. The Morgan fingerprint density at radius 3 is 2.55 bits per heavy atom. The molecule has 22 heavy (non-hydrogen) atoms. The first-order chi connectivity index (χ1) is 10.4. The standard InChI is InChI=1S/C14H16Cl2N2O4/c15-10-6-9(14(22)11(16)7-10)8-17-18-12(19)4-2-1-3-5-13(20)21/h6-8,22H,1-5H2,(H,18,19)(H,20,21)/b17-8+. The number of unbranched alkanes of at least 4 members (excludes halogenated alkanes) is 2. The van der Waals surface area contributed by atoms with Gasteiger partial charge in [-0.2, -0.15) is 5.10 Å². The first-order valence-electron chi connectivity index (χ1n) is 6.62. The number of aliphatic carboxylic acids is 1. The number of benzene rings is 1. The zero-order valence-electron chi connectivity index (χ0n) is 11.7. The third kappa shape index (κ3) is 6.78. The zero-order valence-corrected chi connectivity index (χ0v) is 13.2. The second kappa shape index (κ2) is 9.27. The van der Waals surface area contributed by atoms with Gasteiger partial charge in [-0.25, -0.2) is 5.43 Å². The predicted octanol–water partition coefficient (Wildman–Crippen LogP) is 3.18. The Morgan fingerprint density at radius 1 is 1.18 bits per heavy atom. The molecule has 0 spiro atoms. The molecule has 0 saturated carbocycles. The number of carbonyl (C=O) groups is 2. The van der Waals surface area contributed by atoms with Crippen molar-refractivity contribution in [2.75, 3.05) is 0 Å². The maximum atomic E-state index is 11.5. The van der Waals surface area contributed by atoms with Gasteiger partial charge in [0.15, 0.2) is 0 Å². The minimum absolute atomic E-state index is 0.0960. The van der Waals surface area contributed by atoms with Crippen molar-refractivity contribution in [3.05, 3.63) is 27.7 Å². The number of hydrazone groups is 1. The van der Waals surface area contributed by atoms with E-state index in [2.05, 4.69) is 10.5 Å². The molecule has 0 atom stereocenters. The number of hydrogen-bond donors (Lipinski definition) is 3. The van der Waals surface area contributed by atoms with Crippen LogP contribution in [0.4, 0.5) is 0 Å². The first kappa shape index (κ1) is 18.3. The Balaban J connectivity index is 2.36. The van der Waals surface area contributed by atoms with E-state index in [0.29, 0.717) is 29.8 Å². The number of aromatic hydroxyl groups is 1. The number of rotatable bonds is 8. The van der Waals surface area contributed by atoms with Crippen LogP contribution in [0.5, 0.6) is 5.75 Å². The highest BCUT2D eigenvalue weighted by atomic mass is 35.5. The SMILES string of the molecule is O=C(O)CCCCCC(=O)N/N=C/c1cc(Cl)cc(Cl)c1O. The van der Waals surface area contributed by atoms with E-state index in [0.717, 1.165) is 0 Å². The number of carboxylic acids is 1. The number of phenols is 1. The molecule has 1 aromatic carbocycles. The summed E-state index contributed by atoms with van der Waals surface area (Å²) in [5.41, 5.74) is 2.60. The molecule has 8 heteroatoms. The normalized spacial score (nSPS) is 10.8. The van der Waals surface area contributed by atoms with Gasteiger partial charge in [0, 0.05) is 23.4 Å². The van der Waals surface area contributed by atoms with Crippen molar-refractivity contribution in [1.82, 2.24) is 5.43 Å². The molecule has 0 radical (unpaired) electrons. The van der Waals surface area contributed by atoms with E-state index in [4.69, 9.17) is 28.3 Å². The maximum absolute atomic E-state index is 11.5. The van der Waals surface area contributed by atoms with Crippen molar-refractivity contribution in [2.45, 2.75) is 32.1 Å². The van der Waals surface area contributed by atoms with Gasteiger partial charge in [-0.15, -0.1) is 0 Å². The van der Waals surface area contributed by atoms with Gasteiger partial charge in [-0.05, 0) is 25.0 Å². The molecule has 0 unspecified atom stereocenters. The third-order valence-corrected chi connectivity index (χ3v) is 3.25. The Kier molecular flexibility index (Phi) is 7.70. The molecule has 0 heterocycles.